The number of carbonyl (C=O) groups is 1. The molecule has 0 radical (unpaired) electrons. The van der Waals surface area contributed by atoms with Gasteiger partial charge in [0.05, 0.1) is 11.6 Å². The van der Waals surface area contributed by atoms with E-state index >= 15 is 0 Å². The van der Waals surface area contributed by atoms with Crippen molar-refractivity contribution >= 4 is 23.3 Å². The lowest BCUT2D eigenvalue weighted by Gasteiger charge is -2.41. The number of hydrogen-bond acceptors (Lipinski definition) is 4. The van der Waals surface area contributed by atoms with Crippen LogP contribution >= 0.6 is 11.6 Å². The van der Waals surface area contributed by atoms with E-state index in [4.69, 9.17) is 16.3 Å². The molecule has 1 aliphatic heterocycles. The van der Waals surface area contributed by atoms with Gasteiger partial charge in [-0.1, -0.05) is 18.5 Å². The fourth-order valence-electron chi connectivity index (χ4n) is 3.06. The smallest absolute Gasteiger partial charge is 0.387 e. The van der Waals surface area contributed by atoms with E-state index in [-0.39, 0.29) is 22.8 Å². The Morgan fingerprint density at radius 2 is 2.15 bits per heavy atom. The molecule has 0 unspecified atom stereocenters. The largest absolute Gasteiger partial charge is 0.433 e. The lowest BCUT2D eigenvalue weighted by atomic mass is 10.1. The minimum Gasteiger partial charge on any atom is -0.433 e. The summed E-state index contributed by atoms with van der Waals surface area (Å²) in [7, 11) is 0. The summed E-state index contributed by atoms with van der Waals surface area (Å²) in [6, 6.07) is 4.22. The van der Waals surface area contributed by atoms with Crippen LogP contribution in [0.3, 0.4) is 0 Å². The molecule has 1 aliphatic rings. The number of rotatable bonds is 8. The van der Waals surface area contributed by atoms with Crippen LogP contribution in [0.1, 0.15) is 20.3 Å². The second kappa shape index (κ2) is 10.6. The lowest BCUT2D eigenvalue weighted by Crippen LogP contribution is -2.56. The van der Waals surface area contributed by atoms with Crippen LogP contribution in [0.5, 0.6) is 5.75 Å². The van der Waals surface area contributed by atoms with Crippen molar-refractivity contribution in [2.45, 2.75) is 32.9 Å². The molecular formula is C18H26ClF2N3O3. The number of nitrogens with one attached hydrogen (secondary N) is 1. The van der Waals surface area contributed by atoms with Gasteiger partial charge in [0, 0.05) is 44.5 Å². The summed E-state index contributed by atoms with van der Waals surface area (Å²) in [5, 5.41) is 2.78. The minimum absolute atomic E-state index is 0.0141. The molecule has 0 aliphatic carbocycles. The number of alkyl halides is 2. The Balaban J connectivity index is 1.91. The number of benzene rings is 1. The summed E-state index contributed by atoms with van der Waals surface area (Å²) < 4.78 is 34.3. The normalized spacial score (nSPS) is 18.0. The average Bonchev–Trinajstić information content (AvgIpc) is 2.64. The summed E-state index contributed by atoms with van der Waals surface area (Å²) in [5.74, 6) is -0.126. The van der Waals surface area contributed by atoms with Gasteiger partial charge in [-0.3, -0.25) is 4.90 Å². The topological polar surface area (TPSA) is 54.0 Å². The third kappa shape index (κ3) is 6.48. The van der Waals surface area contributed by atoms with Crippen molar-refractivity contribution in [1.29, 1.82) is 0 Å². The molecule has 152 valence electrons. The number of piperazine rings is 1. The van der Waals surface area contributed by atoms with E-state index in [0.29, 0.717) is 32.0 Å². The Hall–Kier alpha value is -1.64. The summed E-state index contributed by atoms with van der Waals surface area (Å²) in [4.78, 5) is 16.6. The summed E-state index contributed by atoms with van der Waals surface area (Å²) >= 11 is 5.93. The second-order valence-corrected chi connectivity index (χ2v) is 6.60. The van der Waals surface area contributed by atoms with Gasteiger partial charge in [0.2, 0.25) is 0 Å². The zero-order valence-electron chi connectivity index (χ0n) is 15.6. The molecule has 1 heterocycles. The molecule has 0 saturated carbocycles. The Labute approximate surface area is 163 Å². The molecule has 0 bridgehead atoms. The molecule has 1 atom stereocenters. The number of hydrogen-bond donors (Lipinski definition) is 1. The third-order valence-electron chi connectivity index (χ3n) is 4.49. The number of halogens is 3. The first-order valence-electron chi connectivity index (χ1n) is 9.06. The SMILES string of the molecule is CCOCCN1CCN(C(=O)Nc2ccc(OC(F)F)c(Cl)c2)C[C@H]1CC. The zero-order valence-corrected chi connectivity index (χ0v) is 16.3. The van der Waals surface area contributed by atoms with Crippen LogP contribution in [0.4, 0.5) is 19.3 Å². The summed E-state index contributed by atoms with van der Waals surface area (Å²) in [6.07, 6.45) is 0.932. The first-order chi connectivity index (χ1) is 12.9. The number of amides is 2. The predicted molar refractivity (Wildman–Crippen MR) is 101 cm³/mol. The highest BCUT2D eigenvalue weighted by atomic mass is 35.5. The van der Waals surface area contributed by atoms with Crippen molar-refractivity contribution in [3.63, 3.8) is 0 Å². The van der Waals surface area contributed by atoms with E-state index < -0.39 is 6.61 Å². The minimum atomic E-state index is -2.95. The molecule has 0 aromatic heterocycles. The van der Waals surface area contributed by atoms with Gasteiger partial charge in [-0.2, -0.15) is 8.78 Å². The molecule has 27 heavy (non-hydrogen) atoms. The van der Waals surface area contributed by atoms with E-state index in [2.05, 4.69) is 21.9 Å². The number of nitrogens with zero attached hydrogens (tertiary/aromatic N) is 2. The fraction of sp³-hybridized carbons (Fsp3) is 0.611. The van der Waals surface area contributed by atoms with Crippen LogP contribution in [-0.4, -0.2) is 67.9 Å². The van der Waals surface area contributed by atoms with Crippen molar-refractivity contribution in [3.8, 4) is 5.75 Å². The molecule has 6 nitrogen and oxygen atoms in total. The maximum atomic E-state index is 12.5. The quantitative estimate of drug-likeness (QED) is 0.666. The van der Waals surface area contributed by atoms with Crippen LogP contribution in [0.25, 0.3) is 0 Å². The molecule has 2 rings (SSSR count). The van der Waals surface area contributed by atoms with Crippen molar-refractivity contribution in [2.75, 3.05) is 44.7 Å². The van der Waals surface area contributed by atoms with E-state index in [9.17, 15) is 13.6 Å². The first kappa shape index (κ1) is 21.7. The van der Waals surface area contributed by atoms with Gasteiger partial charge in [-0.15, -0.1) is 0 Å². The number of ether oxygens (including phenoxy) is 2. The number of anilines is 1. The van der Waals surface area contributed by atoms with Crippen LogP contribution in [0.2, 0.25) is 5.02 Å². The van der Waals surface area contributed by atoms with Crippen molar-refractivity contribution < 1.29 is 23.0 Å². The van der Waals surface area contributed by atoms with Crippen molar-refractivity contribution in [3.05, 3.63) is 23.2 Å². The van der Waals surface area contributed by atoms with E-state index in [1.165, 1.54) is 18.2 Å². The molecule has 2 amide bonds. The molecule has 9 heteroatoms. The molecule has 1 aromatic rings. The zero-order chi connectivity index (χ0) is 19.8. The van der Waals surface area contributed by atoms with E-state index in [1.807, 2.05) is 6.92 Å². The molecule has 1 N–H and O–H groups in total. The second-order valence-electron chi connectivity index (χ2n) is 6.19. The standard InChI is InChI=1S/C18H26ClF2N3O3/c1-3-14-12-24(8-7-23(14)9-10-26-4-2)18(25)22-13-5-6-16(15(19)11-13)27-17(20)21/h5-6,11,14,17H,3-4,7-10,12H2,1-2H3,(H,22,25)/t14-/m1/s1. The number of carbonyl (C=O) groups excluding carboxylic acids is 1. The number of urea groups is 1. The predicted octanol–water partition coefficient (Wildman–Crippen LogP) is 3.91. The van der Waals surface area contributed by atoms with E-state index in [0.717, 1.165) is 19.5 Å². The maximum absolute atomic E-state index is 12.5. The van der Waals surface area contributed by atoms with Crippen LogP contribution in [-0.2, 0) is 4.74 Å². The van der Waals surface area contributed by atoms with Gasteiger partial charge in [-0.25, -0.2) is 4.79 Å². The lowest BCUT2D eigenvalue weighted by molar-refractivity contribution is -0.0497. The third-order valence-corrected chi connectivity index (χ3v) is 4.78. The highest BCUT2D eigenvalue weighted by Gasteiger charge is 2.28. The Kier molecular flexibility index (Phi) is 8.53. The fourth-order valence-corrected chi connectivity index (χ4v) is 3.28. The maximum Gasteiger partial charge on any atom is 0.387 e. The van der Waals surface area contributed by atoms with Gasteiger partial charge in [-0.05, 0) is 31.5 Å². The van der Waals surface area contributed by atoms with Gasteiger partial charge >= 0.3 is 12.6 Å². The van der Waals surface area contributed by atoms with Crippen LogP contribution < -0.4 is 10.1 Å². The van der Waals surface area contributed by atoms with Gasteiger partial charge in [0.25, 0.3) is 0 Å². The van der Waals surface area contributed by atoms with Crippen molar-refractivity contribution in [2.24, 2.45) is 0 Å². The summed E-state index contributed by atoms with van der Waals surface area (Å²) in [6.45, 7) is 5.35. The molecule has 1 fully saturated rings. The molecule has 0 spiro atoms. The molecule has 1 aromatic carbocycles. The first-order valence-corrected chi connectivity index (χ1v) is 9.44. The Bertz CT molecular complexity index is 622. The van der Waals surface area contributed by atoms with E-state index in [1.54, 1.807) is 4.90 Å². The van der Waals surface area contributed by atoms with Crippen LogP contribution in [0, 0.1) is 0 Å². The van der Waals surface area contributed by atoms with Crippen molar-refractivity contribution in [1.82, 2.24) is 9.80 Å². The monoisotopic (exact) mass is 405 g/mol. The molecular weight excluding hydrogens is 380 g/mol. The van der Waals surface area contributed by atoms with Gasteiger partial charge < -0.3 is 19.7 Å². The van der Waals surface area contributed by atoms with Gasteiger partial charge in [0.1, 0.15) is 5.75 Å². The van der Waals surface area contributed by atoms with Gasteiger partial charge in [0.15, 0.2) is 0 Å². The Morgan fingerprint density at radius 3 is 2.78 bits per heavy atom. The Morgan fingerprint density at radius 1 is 1.37 bits per heavy atom. The summed E-state index contributed by atoms with van der Waals surface area (Å²) in [5.41, 5.74) is 0.429. The highest BCUT2D eigenvalue weighted by molar-refractivity contribution is 6.32. The van der Waals surface area contributed by atoms with Crippen LogP contribution in [0.15, 0.2) is 18.2 Å². The molecule has 1 saturated heterocycles. The average molecular weight is 406 g/mol. The highest BCUT2D eigenvalue weighted by Crippen LogP contribution is 2.29.